The van der Waals surface area contributed by atoms with E-state index in [1.807, 2.05) is 0 Å². The fourth-order valence-electron chi connectivity index (χ4n) is 1.31. The maximum atomic E-state index is 11.5. The molecule has 0 aromatic carbocycles. The molecule has 2 aromatic heterocycles. The molecular formula is C12H10N6O6. The van der Waals surface area contributed by atoms with Gasteiger partial charge in [0.1, 0.15) is 0 Å². The molecule has 0 aliphatic rings. The van der Waals surface area contributed by atoms with Crippen LogP contribution >= 0.6 is 0 Å². The standard InChI is InChI=1S/C12H10N6O6/c19-9(17-5-3-13-15-17)7-23-11(21)1-2-12(22)24-8-10(20)18-6-4-14-16-18/h1-6H,7-8H2/b2-1+. The van der Waals surface area contributed by atoms with Gasteiger partial charge in [0.05, 0.1) is 24.8 Å². The number of esters is 2. The Morgan fingerprint density at radius 3 is 1.54 bits per heavy atom. The van der Waals surface area contributed by atoms with E-state index in [0.717, 1.165) is 21.5 Å². The fourth-order valence-corrected chi connectivity index (χ4v) is 1.31. The Hall–Kier alpha value is -3.70. The average Bonchev–Trinajstić information content (AvgIpc) is 3.28. The van der Waals surface area contributed by atoms with Gasteiger partial charge < -0.3 is 9.47 Å². The number of nitrogens with zero attached hydrogens (tertiary/aromatic N) is 6. The maximum absolute atomic E-state index is 11.5. The van der Waals surface area contributed by atoms with Crippen molar-refractivity contribution in [2.24, 2.45) is 0 Å². The minimum absolute atomic E-state index is 0.577. The van der Waals surface area contributed by atoms with Gasteiger partial charge in [-0.1, -0.05) is 10.4 Å². The highest BCUT2D eigenvalue weighted by molar-refractivity contribution is 5.93. The van der Waals surface area contributed by atoms with Crippen LogP contribution in [-0.2, 0) is 19.1 Å². The van der Waals surface area contributed by atoms with E-state index in [1.165, 1.54) is 24.8 Å². The monoisotopic (exact) mass is 334 g/mol. The minimum Gasteiger partial charge on any atom is -0.452 e. The molecule has 12 nitrogen and oxygen atoms in total. The molecule has 0 N–H and O–H groups in total. The molecule has 2 heterocycles. The fraction of sp³-hybridized carbons (Fsp3) is 0.167. The summed E-state index contributed by atoms with van der Waals surface area (Å²) in [5, 5.41) is 13.7. The van der Waals surface area contributed by atoms with Gasteiger partial charge in [-0.25, -0.2) is 9.59 Å². The van der Waals surface area contributed by atoms with Crippen molar-refractivity contribution in [3.8, 4) is 0 Å². The summed E-state index contributed by atoms with van der Waals surface area (Å²) in [6, 6.07) is 0. The molecule has 0 atom stereocenters. The van der Waals surface area contributed by atoms with Gasteiger partial charge in [-0.15, -0.1) is 10.2 Å². The molecule has 24 heavy (non-hydrogen) atoms. The van der Waals surface area contributed by atoms with Crippen LogP contribution in [0.2, 0.25) is 0 Å². The third-order valence-electron chi connectivity index (χ3n) is 2.39. The zero-order chi connectivity index (χ0) is 17.4. The first kappa shape index (κ1) is 16.7. The number of ether oxygens (including phenoxy) is 2. The molecule has 0 radical (unpaired) electrons. The summed E-state index contributed by atoms with van der Waals surface area (Å²) in [6.07, 6.45) is 6.67. The Kier molecular flexibility index (Phi) is 5.60. The molecular weight excluding hydrogens is 324 g/mol. The van der Waals surface area contributed by atoms with Crippen LogP contribution in [0, 0.1) is 0 Å². The van der Waals surface area contributed by atoms with E-state index in [1.54, 1.807) is 0 Å². The normalized spacial score (nSPS) is 10.5. The highest BCUT2D eigenvalue weighted by atomic mass is 16.5. The highest BCUT2D eigenvalue weighted by Crippen LogP contribution is 1.90. The highest BCUT2D eigenvalue weighted by Gasteiger charge is 2.10. The van der Waals surface area contributed by atoms with Crippen LogP contribution in [0.1, 0.15) is 9.59 Å². The van der Waals surface area contributed by atoms with E-state index >= 15 is 0 Å². The Morgan fingerprint density at radius 1 is 0.792 bits per heavy atom. The first-order valence-corrected chi connectivity index (χ1v) is 6.37. The van der Waals surface area contributed by atoms with Crippen molar-refractivity contribution in [1.82, 2.24) is 30.0 Å². The first-order chi connectivity index (χ1) is 11.6. The average molecular weight is 334 g/mol. The van der Waals surface area contributed by atoms with Gasteiger partial charge >= 0.3 is 11.9 Å². The zero-order valence-electron chi connectivity index (χ0n) is 12.0. The van der Waals surface area contributed by atoms with E-state index in [4.69, 9.17) is 0 Å². The van der Waals surface area contributed by atoms with Gasteiger partial charge in [0, 0.05) is 12.2 Å². The van der Waals surface area contributed by atoms with Crippen molar-refractivity contribution in [1.29, 1.82) is 0 Å². The van der Waals surface area contributed by atoms with E-state index < -0.39 is 37.0 Å². The Balaban J connectivity index is 1.70. The van der Waals surface area contributed by atoms with Crippen LogP contribution < -0.4 is 0 Å². The van der Waals surface area contributed by atoms with Gasteiger partial charge in [-0.2, -0.15) is 9.36 Å². The molecule has 0 saturated heterocycles. The van der Waals surface area contributed by atoms with Gasteiger partial charge in [0.25, 0.3) is 11.8 Å². The van der Waals surface area contributed by atoms with Crippen LogP contribution in [0.15, 0.2) is 36.9 Å². The maximum Gasteiger partial charge on any atom is 0.331 e. The van der Waals surface area contributed by atoms with Gasteiger partial charge in [-0.05, 0) is 0 Å². The lowest BCUT2D eigenvalue weighted by molar-refractivity contribution is -0.139. The molecule has 0 saturated carbocycles. The molecule has 2 rings (SSSR count). The summed E-state index contributed by atoms with van der Waals surface area (Å²) in [4.78, 5) is 45.6. The van der Waals surface area contributed by atoms with E-state index in [-0.39, 0.29) is 0 Å². The molecule has 0 unspecified atom stereocenters. The van der Waals surface area contributed by atoms with Crippen LogP contribution in [-0.4, -0.2) is 67.0 Å². The summed E-state index contributed by atoms with van der Waals surface area (Å²) in [5.74, 6) is -3.11. The largest absolute Gasteiger partial charge is 0.452 e. The van der Waals surface area contributed by atoms with Gasteiger partial charge in [0.2, 0.25) is 0 Å². The van der Waals surface area contributed by atoms with Crippen molar-refractivity contribution < 1.29 is 28.7 Å². The second-order valence-electron chi connectivity index (χ2n) is 4.03. The van der Waals surface area contributed by atoms with Crippen LogP contribution in [0.4, 0.5) is 0 Å². The number of aromatic nitrogens is 6. The predicted molar refractivity (Wildman–Crippen MR) is 72.4 cm³/mol. The second-order valence-corrected chi connectivity index (χ2v) is 4.03. The number of rotatable bonds is 6. The summed E-state index contributed by atoms with van der Waals surface area (Å²) in [5.41, 5.74) is 0. The lowest BCUT2D eigenvalue weighted by atomic mass is 10.5. The lowest BCUT2D eigenvalue weighted by Gasteiger charge is -2.01. The quantitative estimate of drug-likeness (QED) is 0.451. The summed E-state index contributed by atoms with van der Waals surface area (Å²) >= 11 is 0. The first-order valence-electron chi connectivity index (χ1n) is 6.37. The van der Waals surface area contributed by atoms with Crippen LogP contribution in [0.3, 0.4) is 0 Å². The van der Waals surface area contributed by atoms with Crippen molar-refractivity contribution in [2.75, 3.05) is 13.2 Å². The summed E-state index contributed by atoms with van der Waals surface area (Å²) < 4.78 is 11.0. The SMILES string of the molecule is O=C(/C=C/C(=O)OCC(=O)n1ccnn1)OCC(=O)n1ccnn1. The minimum atomic E-state index is -0.942. The number of carbonyl (C=O) groups excluding carboxylic acids is 4. The topological polar surface area (TPSA) is 148 Å². The third kappa shape index (κ3) is 4.94. The molecule has 0 spiro atoms. The van der Waals surface area contributed by atoms with Crippen LogP contribution in [0.5, 0.6) is 0 Å². The third-order valence-corrected chi connectivity index (χ3v) is 2.39. The Morgan fingerprint density at radius 2 is 1.21 bits per heavy atom. The lowest BCUT2D eigenvalue weighted by Crippen LogP contribution is -2.21. The molecule has 0 bridgehead atoms. The number of hydrogen-bond acceptors (Lipinski definition) is 10. The van der Waals surface area contributed by atoms with E-state index in [2.05, 4.69) is 30.1 Å². The summed E-state index contributed by atoms with van der Waals surface area (Å²) in [7, 11) is 0. The van der Waals surface area contributed by atoms with Crippen molar-refractivity contribution in [2.45, 2.75) is 0 Å². The smallest absolute Gasteiger partial charge is 0.331 e. The summed E-state index contributed by atoms with van der Waals surface area (Å²) in [6.45, 7) is -1.15. The van der Waals surface area contributed by atoms with Crippen LogP contribution in [0.25, 0.3) is 0 Å². The van der Waals surface area contributed by atoms with Gasteiger partial charge in [0.15, 0.2) is 13.2 Å². The van der Waals surface area contributed by atoms with Crippen molar-refractivity contribution in [3.63, 3.8) is 0 Å². The predicted octanol–water partition coefficient (Wildman–Crippen LogP) is -1.51. The van der Waals surface area contributed by atoms with Crippen molar-refractivity contribution >= 4 is 23.8 Å². The number of carbonyl (C=O) groups is 4. The second kappa shape index (κ2) is 8.07. The van der Waals surface area contributed by atoms with E-state index in [0.29, 0.717) is 0 Å². The molecule has 0 fully saturated rings. The molecule has 2 aromatic rings. The molecule has 0 amide bonds. The molecule has 0 aliphatic carbocycles. The van der Waals surface area contributed by atoms with E-state index in [9.17, 15) is 19.2 Å². The Labute approximate surface area is 133 Å². The number of hydrogen-bond donors (Lipinski definition) is 0. The molecule has 0 aliphatic heterocycles. The molecule has 12 heteroatoms. The van der Waals surface area contributed by atoms with Crippen molar-refractivity contribution in [3.05, 3.63) is 36.9 Å². The van der Waals surface area contributed by atoms with Gasteiger partial charge in [-0.3, -0.25) is 9.59 Å². The zero-order valence-corrected chi connectivity index (χ0v) is 12.0. The Bertz CT molecular complexity index is 687. The molecule has 124 valence electrons.